The Bertz CT molecular complexity index is 2920. The van der Waals surface area contributed by atoms with E-state index in [0.717, 1.165) is 17.1 Å². The molecule has 1 heterocycles. The second kappa shape index (κ2) is 13.7. The van der Waals surface area contributed by atoms with E-state index >= 15 is 0 Å². The molecule has 0 radical (unpaired) electrons. The number of benzene rings is 9. The highest BCUT2D eigenvalue weighted by atomic mass is 32.1. The van der Waals surface area contributed by atoms with Crippen LogP contribution in [0.5, 0.6) is 0 Å². The van der Waals surface area contributed by atoms with Gasteiger partial charge >= 0.3 is 0 Å². The lowest BCUT2D eigenvalue weighted by molar-refractivity contribution is 1.28. The number of hydrogen-bond acceptors (Lipinski definition) is 2. The lowest BCUT2D eigenvalue weighted by atomic mass is 9.94. The first-order valence-corrected chi connectivity index (χ1v) is 19.2. The number of para-hydroxylation sites is 1. The smallest absolute Gasteiger partial charge is 0.0546 e. The highest BCUT2D eigenvalue weighted by Crippen LogP contribution is 2.48. The molecule has 0 aliphatic heterocycles. The Balaban J connectivity index is 1.24. The first kappa shape index (κ1) is 32.0. The van der Waals surface area contributed by atoms with E-state index in [0.29, 0.717) is 0 Å². The molecule has 54 heavy (non-hydrogen) atoms. The monoisotopic (exact) mass is 705 g/mol. The van der Waals surface area contributed by atoms with Crippen molar-refractivity contribution >= 4 is 59.3 Å². The van der Waals surface area contributed by atoms with E-state index in [-0.39, 0.29) is 0 Å². The molecule has 0 spiro atoms. The topological polar surface area (TPSA) is 3.24 Å². The number of nitrogens with zero attached hydrogens (tertiary/aromatic N) is 1. The standard InChI is InChI=1S/C52H35NS/c1-3-14-36(15-4-1)38-28-31-43(32-29-38)53(49-24-11-9-20-45(49)47-22-13-23-48-46-21-10-12-25-51(46)54-52(47)48)50-35-42(30-33-44(50)39-17-5-2-6-18-39)41-27-26-37-16-7-8-19-40(37)34-41/h1-35H. The first-order chi connectivity index (χ1) is 26.8. The Labute approximate surface area is 319 Å². The number of hydrogen-bond donors (Lipinski definition) is 0. The van der Waals surface area contributed by atoms with E-state index in [2.05, 4.69) is 217 Å². The molecule has 0 bridgehead atoms. The fourth-order valence-corrected chi connectivity index (χ4v) is 9.05. The maximum Gasteiger partial charge on any atom is 0.0546 e. The minimum atomic E-state index is 1.10. The van der Waals surface area contributed by atoms with E-state index < -0.39 is 0 Å². The maximum absolute atomic E-state index is 2.48. The summed E-state index contributed by atoms with van der Waals surface area (Å²) in [6.07, 6.45) is 0. The molecule has 10 aromatic rings. The average Bonchev–Trinajstić information content (AvgIpc) is 3.64. The predicted molar refractivity (Wildman–Crippen MR) is 233 cm³/mol. The van der Waals surface area contributed by atoms with Crippen molar-refractivity contribution in [2.24, 2.45) is 0 Å². The van der Waals surface area contributed by atoms with Gasteiger partial charge < -0.3 is 4.90 Å². The van der Waals surface area contributed by atoms with Gasteiger partial charge in [0, 0.05) is 42.6 Å². The highest BCUT2D eigenvalue weighted by molar-refractivity contribution is 7.26. The zero-order chi connectivity index (χ0) is 35.8. The molecule has 0 fully saturated rings. The molecular formula is C52H35NS. The SMILES string of the molecule is c1ccc(-c2ccc(N(c3cc(-c4ccc5ccccc5c4)ccc3-c3ccccc3)c3ccccc3-c3cccc4c3sc3ccccc34)cc2)cc1. The molecule has 254 valence electrons. The van der Waals surface area contributed by atoms with Crippen LogP contribution in [0.1, 0.15) is 0 Å². The van der Waals surface area contributed by atoms with Crippen LogP contribution in [-0.4, -0.2) is 0 Å². The summed E-state index contributed by atoms with van der Waals surface area (Å²) >= 11 is 1.88. The fraction of sp³-hybridized carbons (Fsp3) is 0. The minimum Gasteiger partial charge on any atom is -0.309 e. The zero-order valence-corrected chi connectivity index (χ0v) is 30.4. The van der Waals surface area contributed by atoms with Crippen LogP contribution in [0.3, 0.4) is 0 Å². The van der Waals surface area contributed by atoms with Crippen LogP contribution in [0.4, 0.5) is 17.1 Å². The van der Waals surface area contributed by atoms with Crippen LogP contribution < -0.4 is 4.90 Å². The van der Waals surface area contributed by atoms with Crippen molar-refractivity contribution in [1.82, 2.24) is 0 Å². The Morgan fingerprint density at radius 2 is 0.907 bits per heavy atom. The third kappa shape index (κ3) is 5.74. The second-order valence-electron chi connectivity index (χ2n) is 13.7. The molecule has 9 aromatic carbocycles. The van der Waals surface area contributed by atoms with Crippen LogP contribution in [-0.2, 0) is 0 Å². The summed E-state index contributed by atoms with van der Waals surface area (Å²) in [6, 6.07) is 77.3. The average molecular weight is 706 g/mol. The molecule has 0 amide bonds. The third-order valence-electron chi connectivity index (χ3n) is 10.5. The normalized spacial score (nSPS) is 11.3. The van der Waals surface area contributed by atoms with E-state index in [1.165, 1.54) is 75.5 Å². The molecule has 0 aliphatic carbocycles. The summed E-state index contributed by atoms with van der Waals surface area (Å²) in [7, 11) is 0. The number of thiophene rings is 1. The molecule has 0 saturated carbocycles. The van der Waals surface area contributed by atoms with Crippen molar-refractivity contribution in [3.05, 3.63) is 212 Å². The largest absolute Gasteiger partial charge is 0.309 e. The second-order valence-corrected chi connectivity index (χ2v) is 14.8. The van der Waals surface area contributed by atoms with Gasteiger partial charge in [0.05, 0.1) is 11.4 Å². The Morgan fingerprint density at radius 3 is 1.74 bits per heavy atom. The van der Waals surface area contributed by atoms with Crippen molar-refractivity contribution in [3.63, 3.8) is 0 Å². The van der Waals surface area contributed by atoms with Crippen LogP contribution in [0, 0.1) is 0 Å². The number of rotatable bonds is 7. The van der Waals surface area contributed by atoms with Crippen LogP contribution >= 0.6 is 11.3 Å². The molecule has 0 N–H and O–H groups in total. The van der Waals surface area contributed by atoms with Gasteiger partial charge in [-0.3, -0.25) is 0 Å². The molecule has 0 atom stereocenters. The Hall–Kier alpha value is -6.74. The van der Waals surface area contributed by atoms with Gasteiger partial charge in [-0.05, 0) is 75.0 Å². The molecule has 10 rings (SSSR count). The highest BCUT2D eigenvalue weighted by Gasteiger charge is 2.23. The van der Waals surface area contributed by atoms with Crippen molar-refractivity contribution in [2.75, 3.05) is 4.90 Å². The molecule has 1 nitrogen and oxygen atoms in total. The Morgan fingerprint density at radius 1 is 0.315 bits per heavy atom. The van der Waals surface area contributed by atoms with Crippen molar-refractivity contribution in [2.45, 2.75) is 0 Å². The summed E-state index contributed by atoms with van der Waals surface area (Å²) in [5.74, 6) is 0. The van der Waals surface area contributed by atoms with E-state index in [4.69, 9.17) is 0 Å². The van der Waals surface area contributed by atoms with Gasteiger partial charge in [-0.15, -0.1) is 11.3 Å². The van der Waals surface area contributed by atoms with Gasteiger partial charge in [-0.25, -0.2) is 0 Å². The summed E-state index contributed by atoms with van der Waals surface area (Å²) in [6.45, 7) is 0. The van der Waals surface area contributed by atoms with Crippen molar-refractivity contribution in [3.8, 4) is 44.5 Å². The first-order valence-electron chi connectivity index (χ1n) is 18.4. The van der Waals surface area contributed by atoms with Crippen molar-refractivity contribution in [1.29, 1.82) is 0 Å². The zero-order valence-electron chi connectivity index (χ0n) is 29.6. The molecule has 0 unspecified atom stereocenters. The summed E-state index contributed by atoms with van der Waals surface area (Å²) in [5, 5.41) is 5.08. The van der Waals surface area contributed by atoms with Gasteiger partial charge in [0.15, 0.2) is 0 Å². The van der Waals surface area contributed by atoms with Gasteiger partial charge in [0.1, 0.15) is 0 Å². The van der Waals surface area contributed by atoms with Crippen LogP contribution in [0.2, 0.25) is 0 Å². The number of anilines is 3. The van der Waals surface area contributed by atoms with E-state index in [1.807, 2.05) is 11.3 Å². The molecule has 2 heteroatoms. The number of fused-ring (bicyclic) bond motifs is 4. The maximum atomic E-state index is 2.48. The lowest BCUT2D eigenvalue weighted by Gasteiger charge is -2.30. The lowest BCUT2D eigenvalue weighted by Crippen LogP contribution is -2.12. The summed E-state index contributed by atoms with van der Waals surface area (Å²) < 4.78 is 2.61. The molecule has 0 saturated heterocycles. The van der Waals surface area contributed by atoms with Crippen LogP contribution in [0.15, 0.2) is 212 Å². The fourth-order valence-electron chi connectivity index (χ4n) is 7.82. The summed E-state index contributed by atoms with van der Waals surface area (Å²) in [4.78, 5) is 2.48. The third-order valence-corrected chi connectivity index (χ3v) is 11.7. The van der Waals surface area contributed by atoms with Gasteiger partial charge in [-0.2, -0.15) is 0 Å². The minimum absolute atomic E-state index is 1.10. The van der Waals surface area contributed by atoms with Crippen molar-refractivity contribution < 1.29 is 0 Å². The Kier molecular flexibility index (Phi) is 8.09. The van der Waals surface area contributed by atoms with Gasteiger partial charge in [-0.1, -0.05) is 176 Å². The van der Waals surface area contributed by atoms with Gasteiger partial charge in [0.2, 0.25) is 0 Å². The molecular weight excluding hydrogens is 671 g/mol. The van der Waals surface area contributed by atoms with E-state index in [1.54, 1.807) is 0 Å². The van der Waals surface area contributed by atoms with Gasteiger partial charge in [0.25, 0.3) is 0 Å². The summed E-state index contributed by atoms with van der Waals surface area (Å²) in [5.41, 5.74) is 12.9. The quantitative estimate of drug-likeness (QED) is 0.160. The predicted octanol–water partition coefficient (Wildman–Crippen LogP) is 15.3. The molecule has 1 aromatic heterocycles. The van der Waals surface area contributed by atoms with Crippen LogP contribution in [0.25, 0.3) is 75.5 Å². The molecule has 0 aliphatic rings. The van der Waals surface area contributed by atoms with E-state index in [9.17, 15) is 0 Å².